The molecule has 0 saturated carbocycles. The van der Waals surface area contributed by atoms with E-state index in [1.54, 1.807) is 0 Å². The van der Waals surface area contributed by atoms with Crippen LogP contribution >= 0.6 is 0 Å². The number of nitrogens with two attached hydrogens (primary N) is 1. The average molecular weight is 389 g/mol. The molecule has 4 rings (SSSR count). The smallest absolute Gasteiger partial charge is 0.358 e. The number of carbonyl (C=O) groups is 2. The number of carboxylic acid groups (broad SMARTS) is 1. The van der Waals surface area contributed by atoms with Crippen LogP contribution in [0.5, 0.6) is 0 Å². The van der Waals surface area contributed by atoms with Crippen LogP contribution in [0.3, 0.4) is 0 Å². The molecular weight excluding hydrogens is 378 g/mol. The van der Waals surface area contributed by atoms with E-state index in [9.17, 15) is 19.2 Å². The van der Waals surface area contributed by atoms with Crippen LogP contribution < -0.4 is 17.1 Å². The van der Waals surface area contributed by atoms with Gasteiger partial charge in [-0.05, 0) is 0 Å². The highest BCUT2D eigenvalue weighted by molar-refractivity contribution is 5.96. The maximum Gasteiger partial charge on any atom is 0.358 e. The van der Waals surface area contributed by atoms with E-state index in [1.165, 1.54) is 20.4 Å². The molecule has 0 aliphatic carbocycles. The van der Waals surface area contributed by atoms with Crippen molar-refractivity contribution in [3.63, 3.8) is 0 Å². The number of carbonyl (C=O) groups excluding carboxylic acids is 1. The van der Waals surface area contributed by atoms with Gasteiger partial charge in [0, 0.05) is 14.1 Å². The lowest BCUT2D eigenvalue weighted by molar-refractivity contribution is 0.0692. The van der Waals surface area contributed by atoms with Crippen LogP contribution in [0.15, 0.2) is 22.2 Å². The number of hydrogen-bond donors (Lipinski definition) is 2. The molecule has 16 heteroatoms. The Bertz CT molecular complexity index is 1240. The molecule has 4 aromatic rings. The third kappa shape index (κ3) is 2.93. The molecule has 0 bridgehead atoms. The van der Waals surface area contributed by atoms with E-state index in [0.29, 0.717) is 0 Å². The van der Waals surface area contributed by atoms with Crippen molar-refractivity contribution in [2.75, 3.05) is 0 Å². The molecule has 4 heterocycles. The lowest BCUT2D eigenvalue weighted by Gasteiger charge is -1.95. The minimum Gasteiger partial charge on any atom is -0.476 e. The second-order valence-electron chi connectivity index (χ2n) is 5.23. The highest BCUT2D eigenvalue weighted by Crippen LogP contribution is 2.01. The second-order valence-corrected chi connectivity index (χ2v) is 5.23. The quantitative estimate of drug-likeness (QED) is 0.342. The first-order chi connectivity index (χ1) is 13.2. The van der Waals surface area contributed by atoms with Crippen molar-refractivity contribution in [1.29, 1.82) is 0 Å². The van der Waals surface area contributed by atoms with E-state index in [2.05, 4.69) is 30.6 Å². The monoisotopic (exact) mass is 389 g/mol. The van der Waals surface area contributed by atoms with Crippen molar-refractivity contribution in [3.8, 4) is 0 Å². The molecule has 28 heavy (non-hydrogen) atoms. The van der Waals surface area contributed by atoms with Gasteiger partial charge in [-0.15, -0.1) is 10.2 Å². The van der Waals surface area contributed by atoms with Gasteiger partial charge in [-0.1, -0.05) is 10.4 Å². The van der Waals surface area contributed by atoms with Crippen molar-refractivity contribution in [3.05, 3.63) is 45.0 Å². The zero-order valence-electron chi connectivity index (χ0n) is 14.3. The number of aryl methyl sites for hydroxylation is 2. The molecule has 1 amide bonds. The fraction of sp³-hybridized carbons (Fsp3) is 0.167. The summed E-state index contributed by atoms with van der Waals surface area (Å²) in [7, 11) is 2.86. The summed E-state index contributed by atoms with van der Waals surface area (Å²) in [5.74, 6) is -1.98. The summed E-state index contributed by atoms with van der Waals surface area (Å²) >= 11 is 0. The molecular formula is C12H11N11O5. The summed E-state index contributed by atoms with van der Waals surface area (Å²) in [6.45, 7) is 0. The van der Waals surface area contributed by atoms with Gasteiger partial charge in [0.05, 0.1) is 0 Å². The standard InChI is InChI=1S/C6H6N6O2.C6H5N5O3/c1-11-6(14)12-2-8-3(4(7)13)5(12)9-10-11;1-10-6(14)11-2-7-3(5(12)13)4(11)8-9-10/h2H,1H3,(H2,7,13);2H,1H3,(H,12,13). The number of imidazole rings is 2. The number of amides is 1. The first-order valence-electron chi connectivity index (χ1n) is 7.29. The third-order valence-corrected chi connectivity index (χ3v) is 3.43. The highest BCUT2D eigenvalue weighted by atomic mass is 16.4. The van der Waals surface area contributed by atoms with Gasteiger partial charge >= 0.3 is 17.3 Å². The molecule has 144 valence electrons. The molecule has 0 aliphatic rings. The van der Waals surface area contributed by atoms with Crippen LogP contribution in [-0.2, 0) is 14.1 Å². The molecule has 0 spiro atoms. The summed E-state index contributed by atoms with van der Waals surface area (Å²) in [6.07, 6.45) is 2.29. The van der Waals surface area contributed by atoms with E-state index in [1.807, 2.05) is 0 Å². The number of primary amides is 1. The fourth-order valence-electron chi connectivity index (χ4n) is 2.09. The Labute approximate surface area is 152 Å². The van der Waals surface area contributed by atoms with Gasteiger partial charge in [-0.2, -0.15) is 9.36 Å². The number of carboxylic acids is 1. The molecule has 0 fully saturated rings. The minimum atomic E-state index is -1.24. The Hall–Kier alpha value is -4.50. The van der Waals surface area contributed by atoms with Crippen LogP contribution in [0, 0.1) is 0 Å². The summed E-state index contributed by atoms with van der Waals surface area (Å²) < 4.78 is 4.14. The van der Waals surface area contributed by atoms with Gasteiger partial charge in [0.2, 0.25) is 0 Å². The fourth-order valence-corrected chi connectivity index (χ4v) is 2.09. The van der Waals surface area contributed by atoms with Gasteiger partial charge in [0.1, 0.15) is 12.7 Å². The number of aromatic nitrogens is 10. The van der Waals surface area contributed by atoms with Crippen LogP contribution in [-0.4, -0.2) is 65.7 Å². The van der Waals surface area contributed by atoms with Crippen molar-refractivity contribution >= 4 is 23.2 Å². The first kappa shape index (κ1) is 18.3. The Morgan fingerprint density at radius 1 is 0.893 bits per heavy atom. The van der Waals surface area contributed by atoms with Gasteiger partial charge in [0.25, 0.3) is 5.91 Å². The Balaban J connectivity index is 0.000000161. The number of aromatic carboxylic acids is 1. The lowest BCUT2D eigenvalue weighted by Crippen LogP contribution is -2.27. The SMILES string of the molecule is Cn1nnc2c(C(=O)O)ncn2c1=O.Cn1nnc2c(C(N)=O)ncn2c1=O. The zero-order chi connectivity index (χ0) is 20.6. The van der Waals surface area contributed by atoms with Gasteiger partial charge in [-0.25, -0.2) is 33.2 Å². The summed E-state index contributed by atoms with van der Waals surface area (Å²) in [5.41, 5.74) is 3.77. The minimum absolute atomic E-state index is 0.0550. The van der Waals surface area contributed by atoms with Crippen LogP contribution in [0.2, 0.25) is 0 Å². The molecule has 4 aromatic heterocycles. The van der Waals surface area contributed by atoms with Crippen molar-refractivity contribution < 1.29 is 14.7 Å². The van der Waals surface area contributed by atoms with Gasteiger partial charge < -0.3 is 10.8 Å². The van der Waals surface area contributed by atoms with Crippen LogP contribution in [0.1, 0.15) is 21.0 Å². The van der Waals surface area contributed by atoms with E-state index in [4.69, 9.17) is 10.8 Å². The lowest BCUT2D eigenvalue weighted by atomic mass is 10.4. The molecule has 0 unspecified atom stereocenters. The molecule has 16 nitrogen and oxygen atoms in total. The van der Waals surface area contributed by atoms with E-state index in [0.717, 1.165) is 24.5 Å². The average Bonchev–Trinajstić information content (AvgIpc) is 3.26. The molecule has 0 atom stereocenters. The maximum absolute atomic E-state index is 11.4. The number of fused-ring (bicyclic) bond motifs is 2. The molecule has 3 N–H and O–H groups in total. The summed E-state index contributed by atoms with van der Waals surface area (Å²) in [4.78, 5) is 51.4. The van der Waals surface area contributed by atoms with E-state index < -0.39 is 23.3 Å². The molecule has 0 saturated heterocycles. The zero-order valence-corrected chi connectivity index (χ0v) is 14.3. The normalized spacial score (nSPS) is 10.6. The molecule has 0 aliphatic heterocycles. The third-order valence-electron chi connectivity index (χ3n) is 3.43. The predicted octanol–water partition coefficient (Wildman–Crippen LogP) is -3.56. The number of rotatable bonds is 2. The van der Waals surface area contributed by atoms with Crippen molar-refractivity contribution in [2.24, 2.45) is 19.8 Å². The Morgan fingerprint density at radius 2 is 1.32 bits per heavy atom. The van der Waals surface area contributed by atoms with Crippen molar-refractivity contribution in [2.45, 2.75) is 0 Å². The van der Waals surface area contributed by atoms with Crippen molar-refractivity contribution in [1.82, 2.24) is 48.8 Å². The Kier molecular flexibility index (Phi) is 4.36. The maximum atomic E-state index is 11.4. The topological polar surface area (TPSA) is 211 Å². The van der Waals surface area contributed by atoms with Gasteiger partial charge in [-0.3, -0.25) is 4.79 Å². The molecule has 0 aromatic carbocycles. The second kappa shape index (κ2) is 6.67. The van der Waals surface area contributed by atoms with Crippen LogP contribution in [0.25, 0.3) is 11.3 Å². The predicted molar refractivity (Wildman–Crippen MR) is 87.5 cm³/mol. The highest BCUT2D eigenvalue weighted by Gasteiger charge is 2.15. The number of hydrogen-bond acceptors (Lipinski definition) is 10. The van der Waals surface area contributed by atoms with Crippen LogP contribution in [0.4, 0.5) is 0 Å². The summed E-state index contributed by atoms with van der Waals surface area (Å²) in [5, 5.41) is 22.8. The van der Waals surface area contributed by atoms with E-state index in [-0.39, 0.29) is 22.7 Å². The summed E-state index contributed by atoms with van der Waals surface area (Å²) in [6, 6.07) is 0. The first-order valence-corrected chi connectivity index (χ1v) is 7.29. The van der Waals surface area contributed by atoms with Gasteiger partial charge in [0.15, 0.2) is 22.7 Å². The Morgan fingerprint density at radius 3 is 1.75 bits per heavy atom. The molecule has 0 radical (unpaired) electrons. The van der Waals surface area contributed by atoms with E-state index >= 15 is 0 Å². The number of nitrogens with zero attached hydrogens (tertiary/aromatic N) is 10. The largest absolute Gasteiger partial charge is 0.476 e.